The van der Waals surface area contributed by atoms with Crippen LogP contribution in [0.4, 0.5) is 0 Å². The summed E-state index contributed by atoms with van der Waals surface area (Å²) in [6.45, 7) is 2.73. The highest BCUT2D eigenvalue weighted by Gasteiger charge is 2.55. The number of ether oxygens (including phenoxy) is 2. The first-order valence-electron chi connectivity index (χ1n) is 6.90. The van der Waals surface area contributed by atoms with Gasteiger partial charge in [-0.2, -0.15) is 0 Å². The van der Waals surface area contributed by atoms with Crippen LogP contribution in [0.2, 0.25) is 0 Å². The van der Waals surface area contributed by atoms with Gasteiger partial charge < -0.3 is 9.47 Å². The second-order valence-corrected chi connectivity index (χ2v) is 5.92. The summed E-state index contributed by atoms with van der Waals surface area (Å²) in [4.78, 5) is 11.9. The molecule has 2 bridgehead atoms. The number of carbonyl (C=O) groups is 1. The molecule has 102 valence electrons. The van der Waals surface area contributed by atoms with E-state index in [1.165, 1.54) is 18.2 Å². The molecule has 0 radical (unpaired) electrons. The molecule has 0 N–H and O–H groups in total. The van der Waals surface area contributed by atoms with Crippen molar-refractivity contribution in [3.8, 4) is 0 Å². The number of aryl methyl sites for hydroxylation is 1. The van der Waals surface area contributed by atoms with E-state index in [2.05, 4.69) is 31.2 Å². The van der Waals surface area contributed by atoms with Gasteiger partial charge in [-0.1, -0.05) is 29.8 Å². The van der Waals surface area contributed by atoms with E-state index in [9.17, 15) is 4.79 Å². The molecule has 0 spiro atoms. The summed E-state index contributed by atoms with van der Waals surface area (Å²) in [5, 5.41) is 0. The van der Waals surface area contributed by atoms with E-state index in [1.54, 1.807) is 0 Å². The second kappa shape index (κ2) is 4.34. The largest absolute Gasteiger partial charge is 0.467 e. The molecule has 0 atom stereocenters. The zero-order valence-electron chi connectivity index (χ0n) is 11.6. The zero-order chi connectivity index (χ0) is 13.5. The zero-order valence-corrected chi connectivity index (χ0v) is 11.6. The van der Waals surface area contributed by atoms with Crippen LogP contribution in [0.5, 0.6) is 0 Å². The van der Waals surface area contributed by atoms with Gasteiger partial charge in [0, 0.05) is 5.41 Å². The van der Waals surface area contributed by atoms with Crippen LogP contribution in [-0.2, 0) is 19.7 Å². The maximum Gasteiger partial charge on any atom is 0.338 e. The van der Waals surface area contributed by atoms with Crippen LogP contribution in [-0.4, -0.2) is 25.3 Å². The van der Waals surface area contributed by atoms with Crippen LogP contribution in [0.3, 0.4) is 0 Å². The minimum Gasteiger partial charge on any atom is -0.467 e. The van der Waals surface area contributed by atoms with Crippen LogP contribution >= 0.6 is 0 Å². The number of benzene rings is 1. The van der Waals surface area contributed by atoms with Crippen LogP contribution in [0.25, 0.3) is 0 Å². The molecule has 1 aliphatic carbocycles. The summed E-state index contributed by atoms with van der Waals surface area (Å²) in [5.74, 6) is -0.204. The first-order chi connectivity index (χ1) is 9.10. The molecule has 2 saturated heterocycles. The van der Waals surface area contributed by atoms with Gasteiger partial charge in [0.05, 0.1) is 13.7 Å². The van der Waals surface area contributed by atoms with E-state index >= 15 is 0 Å². The van der Waals surface area contributed by atoms with Crippen LogP contribution < -0.4 is 0 Å². The second-order valence-electron chi connectivity index (χ2n) is 5.92. The molecule has 19 heavy (non-hydrogen) atoms. The first-order valence-corrected chi connectivity index (χ1v) is 6.90. The van der Waals surface area contributed by atoms with E-state index in [1.807, 2.05) is 0 Å². The first kappa shape index (κ1) is 12.7. The van der Waals surface area contributed by atoms with Crippen molar-refractivity contribution in [2.24, 2.45) is 0 Å². The molecular weight excluding hydrogens is 240 g/mol. The third-order valence-electron chi connectivity index (χ3n) is 4.86. The van der Waals surface area contributed by atoms with Crippen molar-refractivity contribution < 1.29 is 14.3 Å². The predicted octanol–water partition coefficient (Wildman–Crippen LogP) is 2.75. The Kier molecular flexibility index (Phi) is 2.90. The van der Waals surface area contributed by atoms with Gasteiger partial charge in [0.1, 0.15) is 0 Å². The van der Waals surface area contributed by atoms with Crippen molar-refractivity contribution in [3.63, 3.8) is 0 Å². The van der Waals surface area contributed by atoms with Crippen LogP contribution in [0, 0.1) is 6.92 Å². The molecule has 0 amide bonds. The molecule has 4 rings (SSSR count). The van der Waals surface area contributed by atoms with Crippen molar-refractivity contribution in [2.45, 2.75) is 43.6 Å². The van der Waals surface area contributed by atoms with E-state index in [4.69, 9.17) is 9.47 Å². The summed E-state index contributed by atoms with van der Waals surface area (Å²) in [6.07, 6.45) is 3.55. The lowest BCUT2D eigenvalue weighted by Gasteiger charge is -2.51. The molecule has 1 aromatic rings. The minimum absolute atomic E-state index is 0.101. The summed E-state index contributed by atoms with van der Waals surface area (Å²) in [6, 6.07) is 8.71. The number of carbonyl (C=O) groups excluding carboxylic acids is 1. The molecular formula is C16H20O3. The molecule has 3 nitrogen and oxygen atoms in total. The minimum atomic E-state index is -0.665. The number of hydrogen-bond donors (Lipinski definition) is 0. The summed E-state index contributed by atoms with van der Waals surface area (Å²) >= 11 is 0. The Labute approximate surface area is 113 Å². The van der Waals surface area contributed by atoms with Gasteiger partial charge in [0.2, 0.25) is 0 Å². The average Bonchev–Trinajstić information content (AvgIpc) is 2.49. The topological polar surface area (TPSA) is 35.5 Å². The maximum atomic E-state index is 11.9. The SMILES string of the molecule is COC(=O)C12CCC(c3ccc(C)cc3)(CC1)CO2. The van der Waals surface area contributed by atoms with Crippen molar-refractivity contribution in [1.82, 2.24) is 0 Å². The molecule has 2 aliphatic heterocycles. The molecule has 0 unspecified atom stereocenters. The lowest BCUT2D eigenvalue weighted by molar-refractivity contribution is -0.198. The average molecular weight is 260 g/mol. The quantitative estimate of drug-likeness (QED) is 0.767. The van der Waals surface area contributed by atoms with E-state index in [0.29, 0.717) is 6.61 Å². The van der Waals surface area contributed by atoms with Gasteiger partial charge >= 0.3 is 5.97 Å². The van der Waals surface area contributed by atoms with E-state index in [-0.39, 0.29) is 11.4 Å². The van der Waals surface area contributed by atoms with Crippen molar-refractivity contribution >= 4 is 5.97 Å². The highest BCUT2D eigenvalue weighted by Crippen LogP contribution is 2.50. The Hall–Kier alpha value is -1.35. The molecule has 1 aromatic carbocycles. The molecule has 3 heteroatoms. The Balaban J connectivity index is 1.85. The number of esters is 1. The number of fused-ring (bicyclic) bond motifs is 3. The molecule has 3 fully saturated rings. The predicted molar refractivity (Wildman–Crippen MR) is 72.0 cm³/mol. The molecule has 0 aromatic heterocycles. The monoisotopic (exact) mass is 260 g/mol. The normalized spacial score (nSPS) is 33.2. The van der Waals surface area contributed by atoms with Crippen molar-refractivity contribution in [3.05, 3.63) is 35.4 Å². The molecule has 3 aliphatic rings. The highest BCUT2D eigenvalue weighted by atomic mass is 16.6. The Bertz CT molecular complexity index is 465. The number of methoxy groups -OCH3 is 1. The van der Waals surface area contributed by atoms with Gasteiger partial charge in [-0.15, -0.1) is 0 Å². The van der Waals surface area contributed by atoms with Crippen LogP contribution in [0.1, 0.15) is 36.8 Å². The van der Waals surface area contributed by atoms with E-state index < -0.39 is 5.60 Å². The van der Waals surface area contributed by atoms with Gasteiger partial charge in [0.25, 0.3) is 0 Å². The lowest BCUT2D eigenvalue weighted by atomic mass is 9.63. The summed E-state index contributed by atoms with van der Waals surface area (Å²) < 4.78 is 10.8. The lowest BCUT2D eigenvalue weighted by Crippen LogP contribution is -2.57. The van der Waals surface area contributed by atoms with Crippen molar-refractivity contribution in [2.75, 3.05) is 13.7 Å². The summed E-state index contributed by atoms with van der Waals surface area (Å²) in [5.41, 5.74) is 2.05. The van der Waals surface area contributed by atoms with E-state index in [0.717, 1.165) is 25.7 Å². The third-order valence-corrected chi connectivity index (χ3v) is 4.86. The van der Waals surface area contributed by atoms with Crippen molar-refractivity contribution in [1.29, 1.82) is 0 Å². The Morgan fingerprint density at radius 3 is 2.26 bits per heavy atom. The fraction of sp³-hybridized carbons (Fsp3) is 0.562. The van der Waals surface area contributed by atoms with Gasteiger partial charge in [-0.3, -0.25) is 0 Å². The Morgan fingerprint density at radius 1 is 1.16 bits per heavy atom. The van der Waals surface area contributed by atoms with Gasteiger partial charge in [-0.05, 0) is 38.2 Å². The van der Waals surface area contributed by atoms with Gasteiger partial charge in [-0.25, -0.2) is 4.79 Å². The number of rotatable bonds is 2. The summed E-state index contributed by atoms with van der Waals surface area (Å²) in [7, 11) is 1.44. The highest BCUT2D eigenvalue weighted by molar-refractivity contribution is 5.80. The smallest absolute Gasteiger partial charge is 0.338 e. The Morgan fingerprint density at radius 2 is 1.79 bits per heavy atom. The van der Waals surface area contributed by atoms with Crippen LogP contribution in [0.15, 0.2) is 24.3 Å². The fourth-order valence-electron chi connectivity index (χ4n) is 3.43. The van der Waals surface area contributed by atoms with Gasteiger partial charge in [0.15, 0.2) is 5.60 Å². The molecule has 2 heterocycles. The standard InChI is InChI=1S/C16H20O3/c1-12-3-5-13(6-4-12)15-7-9-16(10-8-15,19-11-15)14(17)18-2/h3-6H,7-11H2,1-2H3. The maximum absolute atomic E-state index is 11.9. The fourth-order valence-corrected chi connectivity index (χ4v) is 3.43. The number of hydrogen-bond acceptors (Lipinski definition) is 3. The third kappa shape index (κ3) is 1.88. The molecule has 1 saturated carbocycles.